The summed E-state index contributed by atoms with van der Waals surface area (Å²) >= 11 is 0. The molecule has 2 aliphatic rings. The molecule has 0 aromatic carbocycles. The molecule has 2 saturated carbocycles. The minimum Gasteiger partial charge on any atom is -0.469 e. The summed E-state index contributed by atoms with van der Waals surface area (Å²) in [7, 11) is 1.28. The van der Waals surface area contributed by atoms with Crippen LogP contribution in [0.15, 0.2) is 0 Å². The van der Waals surface area contributed by atoms with Crippen LogP contribution in [0.4, 0.5) is 0 Å². The third kappa shape index (κ3) is 1.82. The SMILES string of the molecule is COC(=O)CC(=O)OC1CC2CCC1(C)C2(C)C. The van der Waals surface area contributed by atoms with Crippen molar-refractivity contribution < 1.29 is 19.1 Å². The molecule has 3 atom stereocenters. The molecule has 2 rings (SSSR count). The Morgan fingerprint density at radius 3 is 2.33 bits per heavy atom. The first-order valence-corrected chi connectivity index (χ1v) is 6.57. The molecule has 0 aromatic heterocycles. The third-order valence-electron chi connectivity index (χ3n) is 5.50. The summed E-state index contributed by atoms with van der Waals surface area (Å²) in [5, 5.41) is 0. The Kier molecular flexibility index (Phi) is 3.16. The van der Waals surface area contributed by atoms with Crippen LogP contribution in [0.3, 0.4) is 0 Å². The van der Waals surface area contributed by atoms with E-state index in [1.807, 2.05) is 0 Å². The van der Waals surface area contributed by atoms with Gasteiger partial charge in [-0.05, 0) is 30.6 Å². The minimum absolute atomic E-state index is 0.0451. The highest BCUT2D eigenvalue weighted by atomic mass is 16.6. The predicted octanol–water partition coefficient (Wildman–Crippen LogP) is 2.31. The summed E-state index contributed by atoms with van der Waals surface area (Å²) < 4.78 is 9.99. The van der Waals surface area contributed by atoms with Crippen LogP contribution >= 0.6 is 0 Å². The highest BCUT2D eigenvalue weighted by molar-refractivity contribution is 5.91. The molecular formula is C14H22O4. The lowest BCUT2D eigenvalue weighted by molar-refractivity contribution is -0.162. The highest BCUT2D eigenvalue weighted by Gasteiger charge is 2.62. The molecule has 3 unspecified atom stereocenters. The van der Waals surface area contributed by atoms with Gasteiger partial charge < -0.3 is 9.47 Å². The quantitative estimate of drug-likeness (QED) is 0.573. The largest absolute Gasteiger partial charge is 0.469 e. The number of esters is 2. The second kappa shape index (κ2) is 4.25. The first kappa shape index (κ1) is 13.4. The van der Waals surface area contributed by atoms with E-state index in [2.05, 4.69) is 25.5 Å². The van der Waals surface area contributed by atoms with Gasteiger partial charge >= 0.3 is 11.9 Å². The molecule has 0 amide bonds. The number of carbonyl (C=O) groups is 2. The Hall–Kier alpha value is -1.06. The van der Waals surface area contributed by atoms with Gasteiger partial charge in [0.2, 0.25) is 0 Å². The summed E-state index contributed by atoms with van der Waals surface area (Å²) in [6.45, 7) is 6.73. The van der Waals surface area contributed by atoms with Gasteiger partial charge in [0.05, 0.1) is 7.11 Å². The molecule has 0 radical (unpaired) electrons. The molecule has 0 saturated heterocycles. The van der Waals surface area contributed by atoms with Crippen molar-refractivity contribution in [2.75, 3.05) is 7.11 Å². The van der Waals surface area contributed by atoms with Crippen LogP contribution in [0.1, 0.15) is 46.5 Å². The van der Waals surface area contributed by atoms with Gasteiger partial charge in [-0.2, -0.15) is 0 Å². The molecule has 0 spiro atoms. The van der Waals surface area contributed by atoms with Crippen molar-refractivity contribution in [2.24, 2.45) is 16.7 Å². The van der Waals surface area contributed by atoms with Gasteiger partial charge in [0.25, 0.3) is 0 Å². The maximum absolute atomic E-state index is 11.7. The van der Waals surface area contributed by atoms with Gasteiger partial charge in [0.1, 0.15) is 12.5 Å². The standard InChI is InChI=1S/C14H22O4/c1-13(2)9-5-6-14(13,3)10(7-9)18-12(16)8-11(15)17-4/h9-10H,5-8H2,1-4H3. The molecule has 2 bridgehead atoms. The summed E-state index contributed by atoms with van der Waals surface area (Å²) in [4.78, 5) is 22.7. The lowest BCUT2D eigenvalue weighted by Gasteiger charge is -2.38. The maximum Gasteiger partial charge on any atom is 0.317 e. The number of methoxy groups -OCH3 is 1. The number of hydrogen-bond acceptors (Lipinski definition) is 4. The van der Waals surface area contributed by atoms with Gasteiger partial charge in [-0.15, -0.1) is 0 Å². The van der Waals surface area contributed by atoms with Crippen molar-refractivity contribution in [2.45, 2.75) is 52.6 Å². The minimum atomic E-state index is -0.535. The fourth-order valence-corrected chi connectivity index (χ4v) is 3.70. The lowest BCUT2D eigenvalue weighted by Crippen LogP contribution is -2.38. The fourth-order valence-electron chi connectivity index (χ4n) is 3.70. The molecule has 102 valence electrons. The van der Waals surface area contributed by atoms with E-state index in [-0.39, 0.29) is 23.4 Å². The van der Waals surface area contributed by atoms with E-state index in [1.165, 1.54) is 13.5 Å². The molecule has 4 nitrogen and oxygen atoms in total. The van der Waals surface area contributed by atoms with Crippen LogP contribution in [-0.2, 0) is 19.1 Å². The molecule has 2 fully saturated rings. The number of carbonyl (C=O) groups excluding carboxylic acids is 2. The molecule has 0 aromatic rings. The van der Waals surface area contributed by atoms with Crippen LogP contribution in [0.5, 0.6) is 0 Å². The lowest BCUT2D eigenvalue weighted by atomic mass is 9.70. The van der Waals surface area contributed by atoms with E-state index >= 15 is 0 Å². The van der Waals surface area contributed by atoms with Crippen LogP contribution in [0, 0.1) is 16.7 Å². The van der Waals surface area contributed by atoms with Crippen LogP contribution in [-0.4, -0.2) is 25.2 Å². The second-order valence-electron chi connectivity index (χ2n) is 6.34. The van der Waals surface area contributed by atoms with Crippen molar-refractivity contribution in [1.82, 2.24) is 0 Å². The Balaban J connectivity index is 2.00. The zero-order valence-corrected chi connectivity index (χ0v) is 11.6. The Morgan fingerprint density at radius 2 is 1.89 bits per heavy atom. The van der Waals surface area contributed by atoms with E-state index in [0.29, 0.717) is 5.92 Å². The van der Waals surface area contributed by atoms with E-state index in [0.717, 1.165) is 12.8 Å². The van der Waals surface area contributed by atoms with Crippen LogP contribution in [0.25, 0.3) is 0 Å². The molecule has 0 heterocycles. The zero-order valence-electron chi connectivity index (χ0n) is 11.6. The zero-order chi connectivity index (χ0) is 13.6. The van der Waals surface area contributed by atoms with Gasteiger partial charge in [-0.25, -0.2) is 0 Å². The number of fused-ring (bicyclic) bond motifs is 2. The summed E-state index contributed by atoms with van der Waals surface area (Å²) in [5.74, 6) is -0.373. The Morgan fingerprint density at radius 1 is 1.22 bits per heavy atom. The molecule has 2 aliphatic carbocycles. The molecule has 0 aliphatic heterocycles. The highest BCUT2D eigenvalue weighted by Crippen LogP contribution is 2.66. The average Bonchev–Trinajstić information content (AvgIpc) is 2.61. The van der Waals surface area contributed by atoms with E-state index in [1.54, 1.807) is 0 Å². The van der Waals surface area contributed by atoms with Gasteiger partial charge in [0.15, 0.2) is 0 Å². The normalized spacial score (nSPS) is 36.4. The topological polar surface area (TPSA) is 52.6 Å². The van der Waals surface area contributed by atoms with Gasteiger partial charge in [-0.1, -0.05) is 20.8 Å². The number of hydrogen-bond donors (Lipinski definition) is 0. The van der Waals surface area contributed by atoms with Crippen molar-refractivity contribution in [3.8, 4) is 0 Å². The monoisotopic (exact) mass is 254 g/mol. The van der Waals surface area contributed by atoms with Crippen molar-refractivity contribution >= 4 is 11.9 Å². The number of ether oxygens (including phenoxy) is 2. The molecule has 0 N–H and O–H groups in total. The van der Waals surface area contributed by atoms with E-state index in [4.69, 9.17) is 4.74 Å². The van der Waals surface area contributed by atoms with E-state index < -0.39 is 11.9 Å². The smallest absolute Gasteiger partial charge is 0.317 e. The first-order chi connectivity index (χ1) is 8.31. The third-order valence-corrected chi connectivity index (χ3v) is 5.50. The molecule has 4 heteroatoms. The Labute approximate surface area is 108 Å². The summed E-state index contributed by atoms with van der Waals surface area (Å²) in [6, 6.07) is 0. The number of rotatable bonds is 3. The molecular weight excluding hydrogens is 232 g/mol. The average molecular weight is 254 g/mol. The van der Waals surface area contributed by atoms with Gasteiger partial charge in [0, 0.05) is 5.41 Å². The Bertz CT molecular complexity index is 374. The predicted molar refractivity (Wildman–Crippen MR) is 65.7 cm³/mol. The second-order valence-corrected chi connectivity index (χ2v) is 6.34. The van der Waals surface area contributed by atoms with Crippen LogP contribution in [0.2, 0.25) is 0 Å². The van der Waals surface area contributed by atoms with Gasteiger partial charge in [-0.3, -0.25) is 9.59 Å². The van der Waals surface area contributed by atoms with Crippen molar-refractivity contribution in [1.29, 1.82) is 0 Å². The summed E-state index contributed by atoms with van der Waals surface area (Å²) in [5.41, 5.74) is 0.257. The van der Waals surface area contributed by atoms with Crippen molar-refractivity contribution in [3.63, 3.8) is 0 Å². The maximum atomic E-state index is 11.7. The molecule has 18 heavy (non-hydrogen) atoms. The summed E-state index contributed by atoms with van der Waals surface area (Å²) in [6.07, 6.45) is 2.91. The first-order valence-electron chi connectivity index (χ1n) is 6.57. The fraction of sp³-hybridized carbons (Fsp3) is 0.857. The van der Waals surface area contributed by atoms with E-state index in [9.17, 15) is 9.59 Å². The van der Waals surface area contributed by atoms with Crippen molar-refractivity contribution in [3.05, 3.63) is 0 Å². The van der Waals surface area contributed by atoms with Crippen LogP contribution < -0.4 is 0 Å².